The van der Waals surface area contributed by atoms with Crippen LogP contribution in [-0.2, 0) is 9.53 Å². The minimum absolute atomic E-state index is 0.140. The predicted molar refractivity (Wildman–Crippen MR) is 56.3 cm³/mol. The van der Waals surface area contributed by atoms with Gasteiger partial charge in [-0.2, -0.15) is 0 Å². The molecule has 0 aromatic heterocycles. The van der Waals surface area contributed by atoms with Gasteiger partial charge in [0.15, 0.2) is 0 Å². The Bertz CT molecular complexity index is 176. The molecule has 1 rings (SSSR count). The number of nitrogens with one attached hydrogen (secondary N) is 1. The highest BCUT2D eigenvalue weighted by atomic mass is 16.5. The number of carbonyl (C=O) groups excluding carboxylic acids is 1. The van der Waals surface area contributed by atoms with Gasteiger partial charge in [-0.25, -0.2) is 0 Å². The maximum absolute atomic E-state index is 11.6. The zero-order valence-corrected chi connectivity index (χ0v) is 9.21. The van der Waals surface area contributed by atoms with Crippen molar-refractivity contribution in [1.82, 2.24) is 5.32 Å². The van der Waals surface area contributed by atoms with E-state index in [2.05, 4.69) is 5.32 Å². The second-order valence-corrected chi connectivity index (χ2v) is 4.10. The van der Waals surface area contributed by atoms with Gasteiger partial charge in [0, 0.05) is 25.5 Å². The highest BCUT2D eigenvalue weighted by Gasteiger charge is 2.18. The van der Waals surface area contributed by atoms with Gasteiger partial charge in [0.1, 0.15) is 5.78 Å². The van der Waals surface area contributed by atoms with Gasteiger partial charge in [-0.3, -0.25) is 4.79 Å². The summed E-state index contributed by atoms with van der Waals surface area (Å²) in [6.45, 7) is 3.64. The van der Waals surface area contributed by atoms with Crippen molar-refractivity contribution in [3.05, 3.63) is 0 Å². The first-order valence-electron chi connectivity index (χ1n) is 5.53. The first-order chi connectivity index (χ1) is 6.74. The van der Waals surface area contributed by atoms with Crippen LogP contribution in [0.25, 0.3) is 0 Å². The summed E-state index contributed by atoms with van der Waals surface area (Å²) >= 11 is 0. The Balaban J connectivity index is 2.13. The van der Waals surface area contributed by atoms with E-state index in [0.29, 0.717) is 18.3 Å². The highest BCUT2D eigenvalue weighted by Crippen LogP contribution is 2.17. The van der Waals surface area contributed by atoms with E-state index >= 15 is 0 Å². The smallest absolute Gasteiger partial charge is 0.137 e. The van der Waals surface area contributed by atoms with Gasteiger partial charge in [-0.05, 0) is 26.3 Å². The number of ether oxygens (including phenoxy) is 1. The van der Waals surface area contributed by atoms with Gasteiger partial charge in [-0.15, -0.1) is 0 Å². The van der Waals surface area contributed by atoms with Crippen LogP contribution in [0.5, 0.6) is 0 Å². The Kier molecular flexibility index (Phi) is 5.12. The first-order valence-corrected chi connectivity index (χ1v) is 5.53. The molecule has 1 fully saturated rings. The van der Waals surface area contributed by atoms with E-state index < -0.39 is 0 Å². The van der Waals surface area contributed by atoms with Crippen LogP contribution in [-0.4, -0.2) is 32.1 Å². The van der Waals surface area contributed by atoms with Gasteiger partial charge in [0.2, 0.25) is 0 Å². The molecule has 1 N–H and O–H groups in total. The largest absolute Gasteiger partial charge is 0.378 e. The molecule has 14 heavy (non-hydrogen) atoms. The quantitative estimate of drug-likeness (QED) is 0.702. The van der Waals surface area contributed by atoms with E-state index in [9.17, 15) is 4.79 Å². The van der Waals surface area contributed by atoms with Crippen molar-refractivity contribution < 1.29 is 9.53 Å². The minimum Gasteiger partial charge on any atom is -0.378 e. The summed E-state index contributed by atoms with van der Waals surface area (Å²) in [6.07, 6.45) is 4.22. The fourth-order valence-corrected chi connectivity index (χ4v) is 1.84. The van der Waals surface area contributed by atoms with Crippen LogP contribution >= 0.6 is 0 Å². The SMILES string of the molecule is CNCC(C)C(=O)CCC1CCCO1. The molecule has 1 aliphatic rings. The Morgan fingerprint density at radius 2 is 2.43 bits per heavy atom. The fourth-order valence-electron chi connectivity index (χ4n) is 1.84. The number of hydrogen-bond donors (Lipinski definition) is 1. The molecular formula is C11H21NO2. The summed E-state index contributed by atoms with van der Waals surface area (Å²) in [6, 6.07) is 0. The second-order valence-electron chi connectivity index (χ2n) is 4.10. The molecule has 2 atom stereocenters. The molecular weight excluding hydrogens is 178 g/mol. The third-order valence-corrected chi connectivity index (χ3v) is 2.80. The molecule has 82 valence electrons. The number of carbonyl (C=O) groups is 1. The molecule has 3 heteroatoms. The third kappa shape index (κ3) is 3.76. The lowest BCUT2D eigenvalue weighted by Crippen LogP contribution is -2.24. The van der Waals surface area contributed by atoms with Gasteiger partial charge >= 0.3 is 0 Å². The second kappa shape index (κ2) is 6.14. The number of ketones is 1. The molecule has 0 spiro atoms. The van der Waals surface area contributed by atoms with Crippen molar-refractivity contribution in [2.45, 2.75) is 38.7 Å². The number of hydrogen-bond acceptors (Lipinski definition) is 3. The summed E-state index contributed by atoms with van der Waals surface area (Å²) in [5.74, 6) is 0.497. The van der Waals surface area contributed by atoms with Crippen molar-refractivity contribution >= 4 is 5.78 Å². The fraction of sp³-hybridized carbons (Fsp3) is 0.909. The Hall–Kier alpha value is -0.410. The molecule has 0 radical (unpaired) electrons. The molecule has 1 heterocycles. The van der Waals surface area contributed by atoms with Crippen LogP contribution < -0.4 is 5.32 Å². The van der Waals surface area contributed by atoms with E-state index in [-0.39, 0.29) is 5.92 Å². The molecule has 0 aromatic carbocycles. The Morgan fingerprint density at radius 1 is 1.64 bits per heavy atom. The first kappa shape index (κ1) is 11.7. The monoisotopic (exact) mass is 199 g/mol. The lowest BCUT2D eigenvalue weighted by molar-refractivity contribution is -0.122. The van der Waals surface area contributed by atoms with Crippen LogP contribution in [0.15, 0.2) is 0 Å². The highest BCUT2D eigenvalue weighted by molar-refractivity contribution is 5.80. The number of Topliss-reactive ketones (excluding diaryl/α,β-unsaturated/α-hetero) is 1. The van der Waals surface area contributed by atoms with Crippen molar-refractivity contribution in [2.75, 3.05) is 20.2 Å². The van der Waals surface area contributed by atoms with E-state index in [1.807, 2.05) is 14.0 Å². The Morgan fingerprint density at radius 3 is 3.00 bits per heavy atom. The molecule has 0 bridgehead atoms. The van der Waals surface area contributed by atoms with Crippen molar-refractivity contribution in [3.63, 3.8) is 0 Å². The third-order valence-electron chi connectivity index (χ3n) is 2.80. The molecule has 0 saturated carbocycles. The zero-order valence-electron chi connectivity index (χ0n) is 9.21. The van der Waals surface area contributed by atoms with Gasteiger partial charge in [0.05, 0.1) is 6.10 Å². The normalized spacial score (nSPS) is 23.7. The standard InChI is InChI=1S/C11H21NO2/c1-9(8-12-2)11(13)6-5-10-4-3-7-14-10/h9-10,12H,3-8H2,1-2H3. The average Bonchev–Trinajstić information content (AvgIpc) is 2.67. The molecule has 2 unspecified atom stereocenters. The van der Waals surface area contributed by atoms with Crippen LogP contribution in [0.4, 0.5) is 0 Å². The van der Waals surface area contributed by atoms with Crippen LogP contribution in [0.1, 0.15) is 32.6 Å². The maximum Gasteiger partial charge on any atom is 0.137 e. The molecule has 1 saturated heterocycles. The van der Waals surface area contributed by atoms with E-state index in [0.717, 1.165) is 32.4 Å². The van der Waals surface area contributed by atoms with Crippen LogP contribution in [0, 0.1) is 5.92 Å². The average molecular weight is 199 g/mol. The summed E-state index contributed by atoms with van der Waals surface area (Å²) in [4.78, 5) is 11.6. The minimum atomic E-state index is 0.140. The van der Waals surface area contributed by atoms with Crippen LogP contribution in [0.3, 0.4) is 0 Å². The summed E-state index contributed by atoms with van der Waals surface area (Å²) < 4.78 is 5.48. The topological polar surface area (TPSA) is 38.3 Å². The van der Waals surface area contributed by atoms with Gasteiger partial charge in [0.25, 0.3) is 0 Å². The Labute approximate surface area is 86.2 Å². The lowest BCUT2D eigenvalue weighted by Gasteiger charge is -2.12. The van der Waals surface area contributed by atoms with Crippen molar-refractivity contribution in [3.8, 4) is 0 Å². The summed E-state index contributed by atoms with van der Waals surface area (Å²) in [5, 5.41) is 3.02. The molecule has 3 nitrogen and oxygen atoms in total. The van der Waals surface area contributed by atoms with E-state index in [4.69, 9.17) is 4.74 Å². The summed E-state index contributed by atoms with van der Waals surface area (Å²) in [5.41, 5.74) is 0. The zero-order chi connectivity index (χ0) is 10.4. The summed E-state index contributed by atoms with van der Waals surface area (Å²) in [7, 11) is 1.88. The number of rotatable bonds is 6. The van der Waals surface area contributed by atoms with Crippen molar-refractivity contribution in [2.24, 2.45) is 5.92 Å². The predicted octanol–water partition coefficient (Wildman–Crippen LogP) is 1.37. The maximum atomic E-state index is 11.6. The van der Waals surface area contributed by atoms with Gasteiger partial charge in [-0.1, -0.05) is 6.92 Å². The molecule has 1 aliphatic heterocycles. The van der Waals surface area contributed by atoms with E-state index in [1.165, 1.54) is 0 Å². The van der Waals surface area contributed by atoms with E-state index in [1.54, 1.807) is 0 Å². The van der Waals surface area contributed by atoms with Crippen LogP contribution in [0.2, 0.25) is 0 Å². The molecule has 0 aromatic rings. The lowest BCUT2D eigenvalue weighted by atomic mass is 10.00. The molecule has 0 aliphatic carbocycles. The molecule has 0 amide bonds. The van der Waals surface area contributed by atoms with Gasteiger partial charge < -0.3 is 10.1 Å². The van der Waals surface area contributed by atoms with Crippen molar-refractivity contribution in [1.29, 1.82) is 0 Å².